The maximum atomic E-state index is 2.55. The van der Waals surface area contributed by atoms with Crippen LogP contribution in [-0.2, 0) is 12.8 Å². The Morgan fingerprint density at radius 1 is 0.292 bits per heavy atom. The molecule has 0 saturated heterocycles. The summed E-state index contributed by atoms with van der Waals surface area (Å²) in [5.41, 5.74) is 15.7. The number of hydrogen-bond acceptors (Lipinski definition) is 2. The Balaban J connectivity index is 0.924. The van der Waals surface area contributed by atoms with Crippen LogP contribution in [0.2, 0.25) is 0 Å². The summed E-state index contributed by atoms with van der Waals surface area (Å²) in [6.07, 6.45) is 8.45. The van der Waals surface area contributed by atoms with Gasteiger partial charge in [-0.15, -0.1) is 22.7 Å². The van der Waals surface area contributed by atoms with Crippen molar-refractivity contribution in [2.45, 2.75) is 44.9 Å². The van der Waals surface area contributed by atoms with Crippen LogP contribution in [0.15, 0.2) is 182 Å². The summed E-state index contributed by atoms with van der Waals surface area (Å²) in [6.45, 7) is 0. The van der Waals surface area contributed by atoms with Crippen LogP contribution in [0, 0.1) is 0 Å². The standard InChI is InChI=1S/C61H44N2S2/c1-2-4-14-40-32-38(39-25-30-56-51(33-39)45-16-6-10-20-54(45)62(56)42-27-31-60-53(35-42)48-19-9-13-23-59(48)64-60)24-28-44(40)50-37-57-52(34-41(50)15-5-3-1)46-17-7-11-21-55(46)63(57)43-26-29-49-47-18-8-12-22-58(47)65-61(49)36-43/h6-13,16-37H,1-5,14-15H2. The lowest BCUT2D eigenvalue weighted by atomic mass is 9.88. The molecular weight excluding hydrogens is 825 g/mol. The average molecular weight is 869 g/mol. The van der Waals surface area contributed by atoms with Gasteiger partial charge in [0.05, 0.1) is 22.1 Å². The predicted molar refractivity (Wildman–Crippen MR) is 282 cm³/mol. The molecule has 0 saturated carbocycles. The fraction of sp³-hybridized carbons (Fsp3) is 0.115. The van der Waals surface area contributed by atoms with E-state index >= 15 is 0 Å². The average Bonchev–Trinajstić information content (AvgIpc) is 4.09. The van der Waals surface area contributed by atoms with E-state index in [9.17, 15) is 0 Å². The summed E-state index contributed by atoms with van der Waals surface area (Å²) in [6, 6.07) is 69.3. The van der Waals surface area contributed by atoms with Gasteiger partial charge in [0.2, 0.25) is 0 Å². The fourth-order valence-electron chi connectivity index (χ4n) is 11.3. The highest BCUT2D eigenvalue weighted by Crippen LogP contribution is 2.43. The molecule has 0 amide bonds. The summed E-state index contributed by atoms with van der Waals surface area (Å²) < 4.78 is 10.3. The van der Waals surface area contributed by atoms with Crippen molar-refractivity contribution in [2.75, 3.05) is 0 Å². The van der Waals surface area contributed by atoms with E-state index < -0.39 is 0 Å². The zero-order valence-corrected chi connectivity index (χ0v) is 37.6. The molecule has 0 bridgehead atoms. The number of aromatic nitrogens is 2. The minimum atomic E-state index is 1.08. The van der Waals surface area contributed by atoms with Gasteiger partial charge in [0.15, 0.2) is 0 Å². The monoisotopic (exact) mass is 868 g/mol. The highest BCUT2D eigenvalue weighted by Gasteiger charge is 2.21. The number of aryl methyl sites for hydroxylation is 2. The molecule has 0 atom stereocenters. The van der Waals surface area contributed by atoms with Gasteiger partial charge < -0.3 is 9.13 Å². The van der Waals surface area contributed by atoms with Crippen LogP contribution in [0.1, 0.15) is 43.2 Å². The molecule has 4 heteroatoms. The summed E-state index contributed by atoms with van der Waals surface area (Å²) in [4.78, 5) is 0. The van der Waals surface area contributed by atoms with Crippen LogP contribution >= 0.6 is 22.7 Å². The number of rotatable bonds is 3. The lowest BCUT2D eigenvalue weighted by molar-refractivity contribution is 0.616. The van der Waals surface area contributed by atoms with E-state index in [1.807, 2.05) is 22.7 Å². The number of nitrogens with zero attached hydrogens (tertiary/aromatic N) is 2. The van der Waals surface area contributed by atoms with Gasteiger partial charge in [-0.25, -0.2) is 0 Å². The molecule has 0 N–H and O–H groups in total. The number of fused-ring (bicyclic) bond motifs is 15. The van der Waals surface area contributed by atoms with Gasteiger partial charge in [-0.05, 0) is 138 Å². The second-order valence-corrected chi connectivity index (χ2v) is 20.3. The number of hydrogen-bond donors (Lipinski definition) is 0. The molecule has 310 valence electrons. The summed E-state index contributed by atoms with van der Waals surface area (Å²) in [5.74, 6) is 0. The zero-order valence-electron chi connectivity index (χ0n) is 36.0. The van der Waals surface area contributed by atoms with Gasteiger partial charge in [-0.2, -0.15) is 0 Å². The summed E-state index contributed by atoms with van der Waals surface area (Å²) >= 11 is 3.77. The molecule has 0 radical (unpaired) electrons. The molecule has 9 aromatic carbocycles. The highest BCUT2D eigenvalue weighted by molar-refractivity contribution is 7.26. The first-order chi connectivity index (χ1) is 32.2. The largest absolute Gasteiger partial charge is 0.309 e. The second-order valence-electron chi connectivity index (χ2n) is 18.2. The molecule has 14 rings (SSSR count). The van der Waals surface area contributed by atoms with Crippen LogP contribution in [0.25, 0.3) is 118 Å². The molecule has 1 aliphatic rings. The van der Waals surface area contributed by atoms with E-state index in [-0.39, 0.29) is 0 Å². The first-order valence-electron chi connectivity index (χ1n) is 23.3. The molecule has 0 aliphatic heterocycles. The van der Waals surface area contributed by atoms with E-state index in [2.05, 4.69) is 191 Å². The van der Waals surface area contributed by atoms with Gasteiger partial charge in [-0.1, -0.05) is 122 Å². The molecule has 0 spiro atoms. The van der Waals surface area contributed by atoms with E-state index in [4.69, 9.17) is 0 Å². The fourth-order valence-corrected chi connectivity index (χ4v) is 13.6. The lowest BCUT2D eigenvalue weighted by Crippen LogP contribution is -1.98. The third kappa shape index (κ3) is 5.90. The smallest absolute Gasteiger partial charge is 0.0547 e. The zero-order chi connectivity index (χ0) is 42.6. The third-order valence-corrected chi connectivity index (χ3v) is 16.7. The van der Waals surface area contributed by atoms with Crippen molar-refractivity contribution in [3.8, 4) is 33.6 Å². The van der Waals surface area contributed by atoms with E-state index in [1.54, 1.807) is 0 Å². The van der Waals surface area contributed by atoms with Crippen LogP contribution in [-0.4, -0.2) is 9.13 Å². The van der Waals surface area contributed by atoms with E-state index in [0.29, 0.717) is 0 Å². The third-order valence-electron chi connectivity index (χ3n) is 14.4. The Hall–Kier alpha value is -6.98. The quantitative estimate of drug-likeness (QED) is 0.167. The van der Waals surface area contributed by atoms with Crippen molar-refractivity contribution in [3.63, 3.8) is 0 Å². The van der Waals surface area contributed by atoms with E-state index in [1.165, 1.54) is 161 Å². The van der Waals surface area contributed by atoms with Crippen molar-refractivity contribution in [1.82, 2.24) is 9.13 Å². The van der Waals surface area contributed by atoms with Crippen molar-refractivity contribution in [3.05, 3.63) is 193 Å². The molecule has 1 aliphatic carbocycles. The molecule has 13 aromatic rings. The van der Waals surface area contributed by atoms with Gasteiger partial charge in [0.25, 0.3) is 0 Å². The lowest BCUT2D eigenvalue weighted by Gasteiger charge is -2.17. The van der Waals surface area contributed by atoms with Crippen molar-refractivity contribution >= 4 is 107 Å². The number of benzene rings is 9. The Morgan fingerprint density at radius 2 is 0.815 bits per heavy atom. The molecule has 4 aromatic heterocycles. The van der Waals surface area contributed by atoms with Gasteiger partial charge >= 0.3 is 0 Å². The second kappa shape index (κ2) is 14.8. The predicted octanol–water partition coefficient (Wildman–Crippen LogP) is 18.0. The number of thiophene rings is 2. The highest BCUT2D eigenvalue weighted by atomic mass is 32.1. The number of para-hydroxylation sites is 2. The van der Waals surface area contributed by atoms with Crippen LogP contribution in [0.3, 0.4) is 0 Å². The Kier molecular flexibility index (Phi) is 8.51. The minimum absolute atomic E-state index is 1.08. The molecular formula is C61H44N2S2. The normalized spacial score (nSPS) is 13.7. The Bertz CT molecular complexity index is 4060. The van der Waals surface area contributed by atoms with Crippen molar-refractivity contribution in [1.29, 1.82) is 0 Å². The maximum Gasteiger partial charge on any atom is 0.0547 e. The molecule has 2 nitrogen and oxygen atoms in total. The first kappa shape index (κ1) is 37.4. The summed E-state index contributed by atoms with van der Waals surface area (Å²) in [5, 5.41) is 10.6. The maximum absolute atomic E-state index is 2.55. The molecule has 0 fully saturated rings. The Labute approximate surface area is 385 Å². The van der Waals surface area contributed by atoms with Crippen molar-refractivity contribution < 1.29 is 0 Å². The molecule has 65 heavy (non-hydrogen) atoms. The SMILES string of the molecule is c1ccc2c(c1)sc1cc(-n3c4ccccc4c4cc5c(cc43)-c3ccc(-c4ccc6c(c4)c4ccccc4n6-c4ccc6sc7ccccc7c6c4)cc3CCCCCCC5)ccc12. The molecule has 4 heterocycles. The van der Waals surface area contributed by atoms with Gasteiger partial charge in [-0.3, -0.25) is 0 Å². The van der Waals surface area contributed by atoms with Crippen molar-refractivity contribution in [2.24, 2.45) is 0 Å². The van der Waals surface area contributed by atoms with Crippen LogP contribution < -0.4 is 0 Å². The van der Waals surface area contributed by atoms with Crippen LogP contribution in [0.5, 0.6) is 0 Å². The van der Waals surface area contributed by atoms with Gasteiger partial charge in [0, 0.05) is 73.3 Å². The first-order valence-corrected chi connectivity index (χ1v) is 24.9. The van der Waals surface area contributed by atoms with Crippen LogP contribution in [0.4, 0.5) is 0 Å². The van der Waals surface area contributed by atoms with E-state index in [0.717, 1.165) is 12.8 Å². The Morgan fingerprint density at radius 3 is 1.58 bits per heavy atom. The van der Waals surface area contributed by atoms with Gasteiger partial charge in [0.1, 0.15) is 0 Å². The molecule has 0 unspecified atom stereocenters. The summed E-state index contributed by atoms with van der Waals surface area (Å²) in [7, 11) is 0. The topological polar surface area (TPSA) is 9.86 Å². The minimum Gasteiger partial charge on any atom is -0.309 e.